The molecule has 0 bridgehead atoms. The molecule has 1 heterocycles. The zero-order valence-electron chi connectivity index (χ0n) is 29.9. The maximum absolute atomic E-state index is 14.3. The van der Waals surface area contributed by atoms with Crippen molar-refractivity contribution in [3.05, 3.63) is 167 Å². The van der Waals surface area contributed by atoms with Crippen molar-refractivity contribution in [1.29, 1.82) is 0 Å². The second-order valence-corrected chi connectivity index (χ2v) is 13.5. The topological polar surface area (TPSA) is 135 Å². The van der Waals surface area contributed by atoms with E-state index in [1.807, 2.05) is 132 Å². The van der Waals surface area contributed by atoms with E-state index in [0.717, 1.165) is 58.2 Å². The van der Waals surface area contributed by atoms with E-state index in [4.69, 9.17) is 15.3 Å². The number of rotatable bonds is 11. The van der Waals surface area contributed by atoms with Crippen LogP contribution in [0.2, 0.25) is 0 Å². The number of nitrogens with two attached hydrogens (primary N) is 1. The molecule has 0 unspecified atom stereocenters. The fourth-order valence-electron chi connectivity index (χ4n) is 7.54. The van der Waals surface area contributed by atoms with Gasteiger partial charge in [-0.05, 0) is 63.4 Å². The molecule has 54 heavy (non-hydrogen) atoms. The van der Waals surface area contributed by atoms with E-state index in [-0.39, 0.29) is 18.5 Å². The van der Waals surface area contributed by atoms with Gasteiger partial charge in [0, 0.05) is 19.0 Å². The lowest BCUT2D eigenvalue weighted by Gasteiger charge is -2.37. The zero-order valence-corrected chi connectivity index (χ0v) is 29.9. The minimum atomic E-state index is -1.46. The van der Waals surface area contributed by atoms with Crippen LogP contribution in [0.3, 0.4) is 0 Å². The number of benzene rings is 5. The van der Waals surface area contributed by atoms with Crippen LogP contribution < -0.4 is 16.4 Å². The lowest BCUT2D eigenvalue weighted by atomic mass is 9.77. The molecule has 10 heteroatoms. The molecule has 1 aliphatic heterocycles. The largest absolute Gasteiger partial charge is 0.449 e. The Labute approximate surface area is 315 Å². The summed E-state index contributed by atoms with van der Waals surface area (Å²) in [7, 11) is 0. The number of carbonyl (C=O) groups is 3. The minimum Gasteiger partial charge on any atom is -0.449 e. The second-order valence-electron chi connectivity index (χ2n) is 13.5. The Morgan fingerprint density at radius 3 is 1.70 bits per heavy atom. The van der Waals surface area contributed by atoms with Crippen molar-refractivity contribution in [2.45, 2.75) is 43.2 Å². The van der Waals surface area contributed by atoms with Crippen LogP contribution >= 0.6 is 0 Å². The lowest BCUT2D eigenvalue weighted by molar-refractivity contribution is -0.147. The highest BCUT2D eigenvalue weighted by Gasteiger charge is 2.39. The lowest BCUT2D eigenvalue weighted by Crippen LogP contribution is -2.51. The van der Waals surface area contributed by atoms with Crippen LogP contribution in [0.25, 0.3) is 11.1 Å². The van der Waals surface area contributed by atoms with Gasteiger partial charge in [0.05, 0.1) is 6.42 Å². The molecule has 4 N–H and O–H groups in total. The molecule has 1 aliphatic carbocycles. The summed E-state index contributed by atoms with van der Waals surface area (Å²) in [5.74, 6) is -1.62. The first-order chi connectivity index (χ1) is 26.4. The third kappa shape index (κ3) is 7.68. The molecule has 2 amide bonds. The molecule has 1 saturated heterocycles. The fourth-order valence-corrected chi connectivity index (χ4v) is 7.54. The van der Waals surface area contributed by atoms with Gasteiger partial charge in [0.15, 0.2) is 0 Å². The van der Waals surface area contributed by atoms with Gasteiger partial charge < -0.3 is 30.8 Å². The Bertz CT molecular complexity index is 1960. The third-order valence-corrected chi connectivity index (χ3v) is 10.2. The van der Waals surface area contributed by atoms with Gasteiger partial charge in [-0.2, -0.15) is 0 Å². The molecule has 5 aromatic rings. The number of alkyl carbamates (subject to hydrolysis) is 1. The molecule has 7 rings (SSSR count). The number of nitrogens with one attached hydrogen (secondary N) is 2. The van der Waals surface area contributed by atoms with E-state index in [1.54, 1.807) is 0 Å². The average molecular weight is 722 g/mol. The molecule has 1 atom stereocenters. The Kier molecular flexibility index (Phi) is 11.0. The van der Waals surface area contributed by atoms with Crippen molar-refractivity contribution in [3.63, 3.8) is 0 Å². The Morgan fingerprint density at radius 1 is 0.704 bits per heavy atom. The average Bonchev–Trinajstić information content (AvgIpc) is 3.55. The summed E-state index contributed by atoms with van der Waals surface area (Å²) >= 11 is 0. The van der Waals surface area contributed by atoms with Crippen LogP contribution in [0.4, 0.5) is 4.79 Å². The number of fused-ring (bicyclic) bond motifs is 3. The molecule has 2 aliphatic rings. The van der Waals surface area contributed by atoms with Gasteiger partial charge in [-0.15, -0.1) is 0 Å². The molecule has 274 valence electrons. The molecule has 10 nitrogen and oxygen atoms in total. The normalized spacial score (nSPS) is 14.7. The highest BCUT2D eigenvalue weighted by Crippen LogP contribution is 2.44. The van der Waals surface area contributed by atoms with Crippen LogP contribution in [-0.4, -0.2) is 54.6 Å². The molecule has 1 fully saturated rings. The van der Waals surface area contributed by atoms with Crippen LogP contribution in [0.1, 0.15) is 59.4 Å². The summed E-state index contributed by atoms with van der Waals surface area (Å²) in [6.07, 6.45) is 1.63. The fraction of sp³-hybridized carbons (Fsp3) is 0.227. The van der Waals surface area contributed by atoms with Crippen molar-refractivity contribution < 1.29 is 24.0 Å². The van der Waals surface area contributed by atoms with Gasteiger partial charge in [-0.3, -0.25) is 4.79 Å². The number of ether oxygens (including phenoxy) is 1. The Morgan fingerprint density at radius 2 is 1.19 bits per heavy atom. The molecular formula is C44H43N5O5. The predicted octanol–water partition coefficient (Wildman–Crippen LogP) is 6.65. The van der Waals surface area contributed by atoms with Crippen LogP contribution in [0.15, 0.2) is 145 Å². The van der Waals surface area contributed by atoms with Gasteiger partial charge >= 0.3 is 12.1 Å². The summed E-state index contributed by atoms with van der Waals surface area (Å²) in [6, 6.07) is 43.4. The number of hydrogen-bond donors (Lipinski definition) is 3. The van der Waals surface area contributed by atoms with Gasteiger partial charge in [0.1, 0.15) is 18.2 Å². The molecule has 0 spiro atoms. The maximum Gasteiger partial charge on any atom is 0.407 e. The smallest absolute Gasteiger partial charge is 0.407 e. The zero-order chi connectivity index (χ0) is 37.3. The first kappa shape index (κ1) is 36.0. The second kappa shape index (κ2) is 16.5. The molecular weight excluding hydrogens is 679 g/mol. The van der Waals surface area contributed by atoms with E-state index in [0.29, 0.717) is 13.1 Å². The third-order valence-electron chi connectivity index (χ3n) is 10.2. The van der Waals surface area contributed by atoms with Crippen molar-refractivity contribution in [2.75, 3.05) is 19.7 Å². The van der Waals surface area contributed by atoms with Gasteiger partial charge in [0.25, 0.3) is 0 Å². The van der Waals surface area contributed by atoms with E-state index in [9.17, 15) is 14.4 Å². The Balaban J connectivity index is 1.15. The highest BCUT2D eigenvalue weighted by molar-refractivity contribution is 5.89. The summed E-state index contributed by atoms with van der Waals surface area (Å²) in [4.78, 5) is 48.7. The maximum atomic E-state index is 14.3. The van der Waals surface area contributed by atoms with Crippen LogP contribution in [-0.2, 0) is 24.7 Å². The number of piperidine rings is 1. The van der Waals surface area contributed by atoms with E-state index in [1.165, 1.54) is 0 Å². The number of nitrogens with zero attached hydrogens (tertiary/aromatic N) is 2. The SMILES string of the molecule is N/C(=N\OC(=O)[C@H](CC(=O)NC(c1ccccc1)(c1ccccc1)c1ccccc1)NC(=O)OCC1c2ccccc2-c2ccccc21)N1CCCCC1. The van der Waals surface area contributed by atoms with Crippen LogP contribution in [0, 0.1) is 0 Å². The standard InChI is InChI=1S/C44H43N5O5/c45-42(49-27-15-4-16-28-49)48-54-41(51)39(46-43(52)53-30-38-36-25-13-11-23-34(36)35-24-12-14-26-37(35)38)29-40(50)47-44(31-17-5-1-6-18-31,32-19-7-2-8-20-32)33-21-9-3-10-22-33/h1-3,5-14,17-26,38-39H,4,15-16,27-30H2,(H2,45,48)(H,46,52)(H,47,50)/t39-/m0/s1. The van der Waals surface area contributed by atoms with E-state index in [2.05, 4.69) is 27.9 Å². The summed E-state index contributed by atoms with van der Waals surface area (Å²) in [5.41, 5.74) is 11.7. The number of oxime groups is 1. The number of likely N-dealkylation sites (tertiary alicyclic amines) is 1. The van der Waals surface area contributed by atoms with Gasteiger partial charge in [0.2, 0.25) is 11.9 Å². The number of amides is 2. The van der Waals surface area contributed by atoms with Crippen molar-refractivity contribution in [3.8, 4) is 11.1 Å². The number of hydrogen-bond acceptors (Lipinski definition) is 6. The number of guanidine groups is 1. The van der Waals surface area contributed by atoms with Gasteiger partial charge in [-0.25, -0.2) is 9.59 Å². The highest BCUT2D eigenvalue weighted by atomic mass is 16.7. The van der Waals surface area contributed by atoms with Crippen molar-refractivity contribution >= 4 is 23.9 Å². The van der Waals surface area contributed by atoms with Gasteiger partial charge in [-0.1, -0.05) is 140 Å². The summed E-state index contributed by atoms with van der Waals surface area (Å²) < 4.78 is 5.77. The van der Waals surface area contributed by atoms with Crippen molar-refractivity contribution in [1.82, 2.24) is 15.5 Å². The van der Waals surface area contributed by atoms with Crippen LogP contribution in [0.5, 0.6) is 0 Å². The first-order valence-corrected chi connectivity index (χ1v) is 18.3. The molecule has 0 radical (unpaired) electrons. The van der Waals surface area contributed by atoms with E-state index < -0.39 is 36.0 Å². The van der Waals surface area contributed by atoms with Crippen molar-refractivity contribution in [2.24, 2.45) is 10.9 Å². The molecule has 0 aromatic heterocycles. The number of carbonyl (C=O) groups excluding carboxylic acids is 3. The first-order valence-electron chi connectivity index (χ1n) is 18.3. The monoisotopic (exact) mass is 721 g/mol. The summed E-state index contributed by atoms with van der Waals surface area (Å²) in [6.45, 7) is 1.40. The minimum absolute atomic E-state index is 0.0209. The summed E-state index contributed by atoms with van der Waals surface area (Å²) in [5, 5.41) is 9.76. The Hall–Kier alpha value is -6.42. The predicted molar refractivity (Wildman–Crippen MR) is 207 cm³/mol. The van der Waals surface area contributed by atoms with E-state index >= 15 is 0 Å². The quantitative estimate of drug-likeness (QED) is 0.0457. The molecule has 0 saturated carbocycles. The molecule has 5 aromatic carbocycles.